The number of cyclic esters (lactones) is 1. The van der Waals surface area contributed by atoms with Gasteiger partial charge in [0.05, 0.1) is 5.69 Å². The van der Waals surface area contributed by atoms with E-state index in [2.05, 4.69) is 10.3 Å². The Morgan fingerprint density at radius 1 is 1.64 bits per heavy atom. The molecule has 0 unspecified atom stereocenters. The molecule has 1 N–H and O–H groups in total. The lowest BCUT2D eigenvalue weighted by Crippen LogP contribution is -2.20. The van der Waals surface area contributed by atoms with Gasteiger partial charge >= 0.3 is 6.09 Å². The number of anilines is 1. The van der Waals surface area contributed by atoms with E-state index in [0.717, 1.165) is 11.3 Å². The predicted octanol–water partition coefficient (Wildman–Crippen LogP) is 1.14. The number of amides is 1. The molecule has 2 heterocycles. The number of hydrogen-bond donors (Lipinski definition) is 1. The van der Waals surface area contributed by atoms with Gasteiger partial charge in [0.15, 0.2) is 0 Å². The van der Waals surface area contributed by atoms with Crippen LogP contribution in [-0.4, -0.2) is 11.1 Å². The number of nitrogens with zero attached hydrogens (tertiary/aromatic N) is 1. The smallest absolute Gasteiger partial charge is 0.411 e. The second kappa shape index (κ2) is 2.23. The number of carbonyl (C=O) groups is 1. The number of hydrogen-bond acceptors (Lipinski definition) is 3. The van der Waals surface area contributed by atoms with Crippen molar-refractivity contribution in [1.29, 1.82) is 0 Å². The van der Waals surface area contributed by atoms with Crippen LogP contribution in [0.4, 0.5) is 10.5 Å². The van der Waals surface area contributed by atoms with Crippen LogP contribution < -0.4 is 5.32 Å². The largest absolute Gasteiger partial charge is 0.444 e. The molecule has 1 aliphatic heterocycles. The van der Waals surface area contributed by atoms with E-state index < -0.39 is 6.09 Å². The number of fused-ring (bicyclic) bond motifs is 1. The van der Waals surface area contributed by atoms with Crippen LogP contribution >= 0.6 is 0 Å². The number of rotatable bonds is 0. The quantitative estimate of drug-likeness (QED) is 0.603. The summed E-state index contributed by atoms with van der Waals surface area (Å²) >= 11 is 0. The van der Waals surface area contributed by atoms with Crippen LogP contribution in [0.25, 0.3) is 0 Å². The van der Waals surface area contributed by atoms with Crippen molar-refractivity contribution in [2.24, 2.45) is 0 Å². The van der Waals surface area contributed by atoms with Gasteiger partial charge in [-0.15, -0.1) is 0 Å². The van der Waals surface area contributed by atoms with E-state index in [1.165, 1.54) is 0 Å². The fraction of sp³-hybridized carbons (Fsp3) is 0.143. The van der Waals surface area contributed by atoms with Gasteiger partial charge in [-0.1, -0.05) is 0 Å². The monoisotopic (exact) mass is 150 g/mol. The minimum Gasteiger partial charge on any atom is -0.444 e. The van der Waals surface area contributed by atoms with Crippen molar-refractivity contribution in [1.82, 2.24) is 4.98 Å². The molecule has 0 spiro atoms. The summed E-state index contributed by atoms with van der Waals surface area (Å²) in [5.74, 6) is 0. The zero-order chi connectivity index (χ0) is 7.68. The Kier molecular flexibility index (Phi) is 1.25. The van der Waals surface area contributed by atoms with Crippen LogP contribution in [0.3, 0.4) is 0 Å². The van der Waals surface area contributed by atoms with Crippen molar-refractivity contribution >= 4 is 11.8 Å². The van der Waals surface area contributed by atoms with Crippen molar-refractivity contribution < 1.29 is 9.53 Å². The fourth-order valence-corrected chi connectivity index (χ4v) is 0.953. The predicted molar refractivity (Wildman–Crippen MR) is 38.0 cm³/mol. The van der Waals surface area contributed by atoms with Crippen LogP contribution in [0.1, 0.15) is 5.56 Å². The van der Waals surface area contributed by atoms with Crippen molar-refractivity contribution in [2.75, 3.05) is 5.32 Å². The van der Waals surface area contributed by atoms with Gasteiger partial charge < -0.3 is 4.74 Å². The number of aromatic nitrogens is 1. The molecule has 1 aromatic heterocycles. The third-order valence-corrected chi connectivity index (χ3v) is 1.50. The summed E-state index contributed by atoms with van der Waals surface area (Å²) in [7, 11) is 0. The molecule has 1 amide bonds. The molecule has 4 nitrogen and oxygen atoms in total. The first-order chi connectivity index (χ1) is 5.36. The summed E-state index contributed by atoms with van der Waals surface area (Å²) in [6.45, 7) is 0.314. The second-order valence-electron chi connectivity index (χ2n) is 2.23. The van der Waals surface area contributed by atoms with Crippen molar-refractivity contribution in [3.05, 3.63) is 24.0 Å². The van der Waals surface area contributed by atoms with Crippen LogP contribution in [0.5, 0.6) is 0 Å². The van der Waals surface area contributed by atoms with E-state index in [1.54, 1.807) is 18.5 Å². The molecule has 0 saturated heterocycles. The van der Waals surface area contributed by atoms with E-state index >= 15 is 0 Å². The lowest BCUT2D eigenvalue weighted by Gasteiger charge is -2.15. The first-order valence-corrected chi connectivity index (χ1v) is 3.23. The molecule has 56 valence electrons. The maximum Gasteiger partial charge on any atom is 0.411 e. The Hall–Kier alpha value is -1.58. The van der Waals surface area contributed by atoms with Crippen molar-refractivity contribution in [3.8, 4) is 0 Å². The normalized spacial score (nSPS) is 14.7. The van der Waals surface area contributed by atoms with Crippen LogP contribution in [0, 0.1) is 0 Å². The van der Waals surface area contributed by atoms with Gasteiger partial charge in [-0.25, -0.2) is 4.79 Å². The van der Waals surface area contributed by atoms with E-state index in [1.807, 2.05) is 0 Å². The lowest BCUT2D eigenvalue weighted by atomic mass is 10.2. The zero-order valence-electron chi connectivity index (χ0n) is 5.70. The number of nitrogens with one attached hydrogen (secondary N) is 1. The molecule has 2 rings (SSSR count). The molecule has 0 aromatic carbocycles. The van der Waals surface area contributed by atoms with Crippen LogP contribution in [-0.2, 0) is 11.3 Å². The van der Waals surface area contributed by atoms with Gasteiger partial charge in [-0.3, -0.25) is 10.3 Å². The number of ether oxygens (including phenoxy) is 1. The SMILES string of the molecule is O=C1Nc2ccncc2CO1. The molecular formula is C7H6N2O2. The Balaban J connectivity index is 2.41. The topological polar surface area (TPSA) is 51.2 Å². The molecule has 4 heteroatoms. The minimum atomic E-state index is -0.399. The number of pyridine rings is 1. The first kappa shape index (κ1) is 6.15. The minimum absolute atomic E-state index is 0.314. The van der Waals surface area contributed by atoms with E-state index in [0.29, 0.717) is 6.61 Å². The summed E-state index contributed by atoms with van der Waals surface area (Å²) in [6.07, 6.45) is 2.91. The fourth-order valence-electron chi connectivity index (χ4n) is 0.953. The molecular weight excluding hydrogens is 144 g/mol. The number of carbonyl (C=O) groups excluding carboxylic acids is 1. The van der Waals surface area contributed by atoms with Gasteiger partial charge in [-0.2, -0.15) is 0 Å². The molecule has 0 fully saturated rings. The highest BCUT2D eigenvalue weighted by atomic mass is 16.5. The summed E-state index contributed by atoms with van der Waals surface area (Å²) in [4.78, 5) is 14.6. The lowest BCUT2D eigenvalue weighted by molar-refractivity contribution is 0.151. The van der Waals surface area contributed by atoms with Crippen molar-refractivity contribution in [2.45, 2.75) is 6.61 Å². The maximum atomic E-state index is 10.7. The first-order valence-electron chi connectivity index (χ1n) is 3.23. The summed E-state index contributed by atoms with van der Waals surface area (Å²) in [5.41, 5.74) is 1.70. The van der Waals surface area contributed by atoms with Gasteiger partial charge in [-0.05, 0) is 6.07 Å². The average Bonchev–Trinajstić information content (AvgIpc) is 2.04. The molecule has 0 aliphatic carbocycles. The third-order valence-electron chi connectivity index (χ3n) is 1.50. The summed E-state index contributed by atoms with van der Waals surface area (Å²) < 4.78 is 4.71. The van der Waals surface area contributed by atoms with E-state index in [-0.39, 0.29) is 0 Å². The highest BCUT2D eigenvalue weighted by molar-refractivity contribution is 5.87. The molecule has 0 saturated carbocycles. The second-order valence-corrected chi connectivity index (χ2v) is 2.23. The standard InChI is InChI=1S/C7H6N2O2/c10-7-9-6-1-2-8-3-5(6)4-11-7/h1-3H,4H2,(H,9,10). The third kappa shape index (κ3) is 1.02. The van der Waals surface area contributed by atoms with E-state index in [9.17, 15) is 4.79 Å². The Bertz CT molecular complexity index is 298. The maximum absolute atomic E-state index is 10.7. The zero-order valence-corrected chi connectivity index (χ0v) is 5.70. The van der Waals surface area contributed by atoms with Crippen LogP contribution in [0.2, 0.25) is 0 Å². The molecule has 1 aromatic rings. The molecule has 11 heavy (non-hydrogen) atoms. The van der Waals surface area contributed by atoms with Gasteiger partial charge in [0.2, 0.25) is 0 Å². The highest BCUT2D eigenvalue weighted by Crippen LogP contribution is 2.18. The summed E-state index contributed by atoms with van der Waals surface area (Å²) in [5, 5.41) is 2.56. The van der Waals surface area contributed by atoms with E-state index in [4.69, 9.17) is 4.74 Å². The Morgan fingerprint density at radius 2 is 2.55 bits per heavy atom. The van der Waals surface area contributed by atoms with Gasteiger partial charge in [0.1, 0.15) is 6.61 Å². The molecule has 1 aliphatic rings. The van der Waals surface area contributed by atoms with Crippen LogP contribution in [0.15, 0.2) is 18.5 Å². The van der Waals surface area contributed by atoms with Gasteiger partial charge in [0.25, 0.3) is 0 Å². The average molecular weight is 150 g/mol. The summed E-state index contributed by atoms with van der Waals surface area (Å²) in [6, 6.07) is 1.75. The molecule has 0 radical (unpaired) electrons. The molecule has 0 atom stereocenters. The Morgan fingerprint density at radius 3 is 3.45 bits per heavy atom. The van der Waals surface area contributed by atoms with Crippen molar-refractivity contribution in [3.63, 3.8) is 0 Å². The highest BCUT2D eigenvalue weighted by Gasteiger charge is 2.13. The molecule has 0 bridgehead atoms. The Labute approximate surface area is 63.2 Å². The van der Waals surface area contributed by atoms with Gasteiger partial charge in [0, 0.05) is 18.0 Å².